The van der Waals surface area contributed by atoms with Gasteiger partial charge in [0.25, 0.3) is 0 Å². The van der Waals surface area contributed by atoms with Crippen LogP contribution in [0.1, 0.15) is 32.6 Å². The highest BCUT2D eigenvalue weighted by Gasteiger charge is 2.33. The quantitative estimate of drug-likeness (QED) is 0.851. The first-order chi connectivity index (χ1) is 8.57. The number of benzene rings is 1. The third-order valence-corrected chi connectivity index (χ3v) is 6.43. The van der Waals surface area contributed by atoms with Gasteiger partial charge in [-0.2, -0.15) is 4.31 Å². The molecule has 2 rings (SSSR count). The Labute approximate surface area is 117 Å². The number of hydrogen-bond donors (Lipinski definition) is 0. The molecule has 0 amide bonds. The molecule has 1 aromatic rings. The van der Waals surface area contributed by atoms with E-state index in [0.717, 1.165) is 25.7 Å². The first-order valence-electron chi connectivity index (χ1n) is 6.33. The Morgan fingerprint density at radius 2 is 2.06 bits per heavy atom. The van der Waals surface area contributed by atoms with Crippen LogP contribution in [0.2, 0.25) is 0 Å². The van der Waals surface area contributed by atoms with E-state index in [0.29, 0.717) is 15.9 Å². The third-order valence-electron chi connectivity index (χ3n) is 3.47. The van der Waals surface area contributed by atoms with Crippen LogP contribution in [0.4, 0.5) is 0 Å². The molecule has 1 saturated heterocycles. The molecule has 1 atom stereocenters. The number of nitrogens with zero attached hydrogens (tertiary/aromatic N) is 1. The molecule has 1 aliphatic heterocycles. The Balaban J connectivity index is 2.39. The van der Waals surface area contributed by atoms with Crippen molar-refractivity contribution in [2.45, 2.75) is 43.5 Å². The summed E-state index contributed by atoms with van der Waals surface area (Å²) in [5, 5.41) is 0. The topological polar surface area (TPSA) is 37.4 Å². The van der Waals surface area contributed by atoms with Crippen LogP contribution in [0.25, 0.3) is 0 Å². The molecule has 0 bridgehead atoms. The molecular weight excluding hydrogens is 314 g/mol. The summed E-state index contributed by atoms with van der Waals surface area (Å²) in [6.07, 6.45) is 3.94. The van der Waals surface area contributed by atoms with Gasteiger partial charge >= 0.3 is 0 Å². The van der Waals surface area contributed by atoms with Crippen molar-refractivity contribution >= 4 is 26.0 Å². The van der Waals surface area contributed by atoms with Crippen molar-refractivity contribution in [1.82, 2.24) is 4.31 Å². The fraction of sp³-hybridized carbons (Fsp3) is 0.538. The normalized spacial score (nSPS) is 22.0. The summed E-state index contributed by atoms with van der Waals surface area (Å²) in [5.74, 6) is 0. The standard InChI is InChI=1S/C13H18BrNO2S/c1-2-11-7-5-6-10-15(11)18(16,17)13-9-4-3-8-12(13)14/h3-4,8-9,11H,2,5-7,10H2,1H3. The van der Waals surface area contributed by atoms with Crippen molar-refractivity contribution in [3.05, 3.63) is 28.7 Å². The predicted octanol–water partition coefficient (Wildman–Crippen LogP) is 3.40. The van der Waals surface area contributed by atoms with Crippen molar-refractivity contribution in [3.8, 4) is 0 Å². The van der Waals surface area contributed by atoms with Crippen LogP contribution in [0.3, 0.4) is 0 Å². The Kier molecular flexibility index (Phi) is 4.45. The van der Waals surface area contributed by atoms with Crippen molar-refractivity contribution in [1.29, 1.82) is 0 Å². The maximum Gasteiger partial charge on any atom is 0.244 e. The zero-order valence-electron chi connectivity index (χ0n) is 10.5. The molecule has 5 heteroatoms. The predicted molar refractivity (Wildman–Crippen MR) is 76.0 cm³/mol. The first kappa shape index (κ1) is 14.0. The number of piperidine rings is 1. The molecule has 3 nitrogen and oxygen atoms in total. The molecule has 1 aliphatic rings. The lowest BCUT2D eigenvalue weighted by molar-refractivity contribution is 0.246. The van der Waals surface area contributed by atoms with E-state index in [1.807, 2.05) is 6.07 Å². The van der Waals surface area contributed by atoms with Gasteiger partial charge in [-0.15, -0.1) is 0 Å². The third kappa shape index (κ3) is 2.63. The Bertz CT molecular complexity index is 515. The van der Waals surface area contributed by atoms with Gasteiger partial charge in [0.15, 0.2) is 0 Å². The van der Waals surface area contributed by atoms with Crippen molar-refractivity contribution < 1.29 is 8.42 Å². The molecule has 100 valence electrons. The average molecular weight is 332 g/mol. The van der Waals surface area contributed by atoms with Gasteiger partial charge in [-0.1, -0.05) is 25.5 Å². The summed E-state index contributed by atoms with van der Waals surface area (Å²) in [4.78, 5) is 0.380. The Morgan fingerprint density at radius 1 is 1.33 bits per heavy atom. The van der Waals surface area contributed by atoms with Crippen molar-refractivity contribution in [3.63, 3.8) is 0 Å². The van der Waals surface area contributed by atoms with Gasteiger partial charge in [0.2, 0.25) is 10.0 Å². The van der Waals surface area contributed by atoms with Gasteiger partial charge in [-0.25, -0.2) is 8.42 Å². The summed E-state index contributed by atoms with van der Waals surface area (Å²) in [7, 11) is -3.37. The molecule has 1 fully saturated rings. The van der Waals surface area contributed by atoms with E-state index in [1.54, 1.807) is 22.5 Å². The summed E-state index contributed by atoms with van der Waals surface area (Å²) in [6.45, 7) is 2.70. The Morgan fingerprint density at radius 3 is 2.72 bits per heavy atom. The zero-order chi connectivity index (χ0) is 13.2. The van der Waals surface area contributed by atoms with E-state index in [-0.39, 0.29) is 6.04 Å². The van der Waals surface area contributed by atoms with Gasteiger partial charge < -0.3 is 0 Å². The van der Waals surface area contributed by atoms with Crippen LogP contribution >= 0.6 is 15.9 Å². The molecule has 0 radical (unpaired) electrons. The second-order valence-corrected chi connectivity index (χ2v) is 7.32. The average Bonchev–Trinajstić information content (AvgIpc) is 2.39. The van der Waals surface area contributed by atoms with E-state index in [1.165, 1.54) is 0 Å². The molecule has 1 aromatic carbocycles. The fourth-order valence-electron chi connectivity index (χ4n) is 2.48. The molecule has 0 spiro atoms. The second kappa shape index (κ2) is 5.72. The molecule has 0 saturated carbocycles. The highest BCUT2D eigenvalue weighted by Crippen LogP contribution is 2.30. The van der Waals surface area contributed by atoms with Gasteiger partial charge in [0.05, 0.1) is 4.90 Å². The van der Waals surface area contributed by atoms with Crippen molar-refractivity contribution in [2.24, 2.45) is 0 Å². The second-order valence-electron chi connectivity index (χ2n) is 4.60. The van der Waals surface area contributed by atoms with Crippen LogP contribution in [0, 0.1) is 0 Å². The largest absolute Gasteiger partial charge is 0.244 e. The SMILES string of the molecule is CCC1CCCCN1S(=O)(=O)c1ccccc1Br. The molecule has 0 aliphatic carbocycles. The molecule has 1 unspecified atom stereocenters. The smallest absolute Gasteiger partial charge is 0.207 e. The van der Waals surface area contributed by atoms with E-state index in [2.05, 4.69) is 22.9 Å². The molecule has 0 aromatic heterocycles. The van der Waals surface area contributed by atoms with Gasteiger partial charge in [-0.05, 0) is 47.3 Å². The van der Waals surface area contributed by atoms with E-state index < -0.39 is 10.0 Å². The summed E-state index contributed by atoms with van der Waals surface area (Å²) in [5.41, 5.74) is 0. The zero-order valence-corrected chi connectivity index (χ0v) is 12.9. The lowest BCUT2D eigenvalue weighted by Crippen LogP contribution is -2.43. The van der Waals surface area contributed by atoms with Crippen LogP contribution in [-0.4, -0.2) is 25.3 Å². The first-order valence-corrected chi connectivity index (χ1v) is 8.57. The lowest BCUT2D eigenvalue weighted by atomic mass is 10.0. The lowest BCUT2D eigenvalue weighted by Gasteiger charge is -2.34. The van der Waals surface area contributed by atoms with E-state index in [9.17, 15) is 8.42 Å². The van der Waals surface area contributed by atoms with Gasteiger partial charge in [-0.3, -0.25) is 0 Å². The van der Waals surface area contributed by atoms with Crippen LogP contribution < -0.4 is 0 Å². The summed E-state index contributed by atoms with van der Waals surface area (Å²) >= 11 is 3.33. The Hall–Kier alpha value is -0.390. The van der Waals surface area contributed by atoms with E-state index >= 15 is 0 Å². The number of rotatable bonds is 3. The van der Waals surface area contributed by atoms with Crippen LogP contribution in [0.15, 0.2) is 33.6 Å². The van der Waals surface area contributed by atoms with Crippen LogP contribution in [0.5, 0.6) is 0 Å². The molecule has 18 heavy (non-hydrogen) atoms. The number of sulfonamides is 1. The number of halogens is 1. The van der Waals surface area contributed by atoms with Crippen molar-refractivity contribution in [2.75, 3.05) is 6.54 Å². The maximum atomic E-state index is 12.7. The summed E-state index contributed by atoms with van der Waals surface area (Å²) < 4.78 is 27.7. The molecule has 0 N–H and O–H groups in total. The maximum absolute atomic E-state index is 12.7. The van der Waals surface area contributed by atoms with Gasteiger partial charge in [0, 0.05) is 17.1 Å². The minimum Gasteiger partial charge on any atom is -0.207 e. The van der Waals surface area contributed by atoms with E-state index in [4.69, 9.17) is 0 Å². The summed E-state index contributed by atoms with van der Waals surface area (Å²) in [6, 6.07) is 7.19. The molecule has 1 heterocycles. The number of hydrogen-bond acceptors (Lipinski definition) is 2. The highest BCUT2D eigenvalue weighted by molar-refractivity contribution is 9.10. The highest BCUT2D eigenvalue weighted by atomic mass is 79.9. The minimum absolute atomic E-state index is 0.149. The molecular formula is C13H18BrNO2S. The van der Waals surface area contributed by atoms with Gasteiger partial charge in [0.1, 0.15) is 0 Å². The monoisotopic (exact) mass is 331 g/mol. The fourth-order valence-corrected chi connectivity index (χ4v) is 5.21. The minimum atomic E-state index is -3.37. The van der Waals surface area contributed by atoms with Crippen LogP contribution in [-0.2, 0) is 10.0 Å².